The van der Waals surface area contributed by atoms with Crippen molar-refractivity contribution in [2.75, 3.05) is 7.05 Å². The molecule has 1 aromatic heterocycles. The molecule has 2 aromatic carbocycles. The first-order valence-electron chi connectivity index (χ1n) is 7.21. The van der Waals surface area contributed by atoms with E-state index in [4.69, 9.17) is 12.2 Å². The van der Waals surface area contributed by atoms with Crippen LogP contribution in [0.15, 0.2) is 42.6 Å². The first-order valence-corrected chi connectivity index (χ1v) is 7.62. The van der Waals surface area contributed by atoms with Gasteiger partial charge in [-0.05, 0) is 34.6 Å². The van der Waals surface area contributed by atoms with Crippen LogP contribution in [0.4, 0.5) is 0 Å². The van der Waals surface area contributed by atoms with Crippen molar-refractivity contribution in [3.05, 3.63) is 48.2 Å². The molecule has 1 unspecified atom stereocenters. The molecule has 1 saturated heterocycles. The summed E-state index contributed by atoms with van der Waals surface area (Å²) in [4.78, 5) is 17.0. The predicted octanol–water partition coefficient (Wildman–Crippen LogP) is 2.58. The molecule has 1 atom stereocenters. The number of carbonyl (C=O) groups is 1. The lowest BCUT2D eigenvalue weighted by atomic mass is 10.00. The highest BCUT2D eigenvalue weighted by Gasteiger charge is 2.33. The SMILES string of the molecule is CN1C(=O)C(Cc2c[nH]c3ccc4ccccc4c23)NC1=S. The highest BCUT2D eigenvalue weighted by atomic mass is 32.1. The molecular formula is C17H15N3OS. The zero-order valence-electron chi connectivity index (χ0n) is 12.1. The van der Waals surface area contributed by atoms with Crippen LogP contribution in [0.25, 0.3) is 21.7 Å². The standard InChI is InChI=1S/C17H15N3OS/c1-20-16(21)14(19-17(20)22)8-11-9-18-13-7-6-10-4-2-3-5-12(10)15(11)13/h2-7,9,14,18H,8H2,1H3,(H,19,22). The van der Waals surface area contributed by atoms with Crippen LogP contribution < -0.4 is 5.32 Å². The minimum absolute atomic E-state index is 0.0274. The molecule has 1 amide bonds. The molecule has 3 aromatic rings. The molecule has 1 aliphatic rings. The van der Waals surface area contributed by atoms with Crippen molar-refractivity contribution in [2.45, 2.75) is 12.5 Å². The second-order valence-electron chi connectivity index (χ2n) is 5.63. The molecule has 5 heteroatoms. The maximum Gasteiger partial charge on any atom is 0.251 e. The Balaban J connectivity index is 1.81. The molecule has 1 fully saturated rings. The summed E-state index contributed by atoms with van der Waals surface area (Å²) in [6.45, 7) is 0. The van der Waals surface area contributed by atoms with E-state index < -0.39 is 0 Å². The largest absolute Gasteiger partial charge is 0.361 e. The molecule has 110 valence electrons. The number of aromatic amines is 1. The summed E-state index contributed by atoms with van der Waals surface area (Å²) in [5.74, 6) is 0.0274. The number of benzene rings is 2. The smallest absolute Gasteiger partial charge is 0.251 e. The summed E-state index contributed by atoms with van der Waals surface area (Å²) >= 11 is 5.15. The van der Waals surface area contributed by atoms with Gasteiger partial charge in [-0.1, -0.05) is 30.3 Å². The predicted molar refractivity (Wildman–Crippen MR) is 91.8 cm³/mol. The van der Waals surface area contributed by atoms with E-state index >= 15 is 0 Å². The summed E-state index contributed by atoms with van der Waals surface area (Å²) in [6, 6.07) is 12.2. The van der Waals surface area contributed by atoms with E-state index in [0.717, 1.165) is 11.1 Å². The summed E-state index contributed by atoms with van der Waals surface area (Å²) in [5, 5.41) is 7.20. The van der Waals surface area contributed by atoms with E-state index in [1.165, 1.54) is 21.1 Å². The lowest BCUT2D eigenvalue weighted by Gasteiger charge is -2.08. The molecule has 22 heavy (non-hydrogen) atoms. The van der Waals surface area contributed by atoms with Crippen molar-refractivity contribution in [3.63, 3.8) is 0 Å². The van der Waals surface area contributed by atoms with Crippen LogP contribution in [0.1, 0.15) is 5.56 Å². The third-order valence-corrected chi connectivity index (χ3v) is 4.70. The molecule has 0 saturated carbocycles. The lowest BCUT2D eigenvalue weighted by molar-refractivity contribution is -0.126. The first-order chi connectivity index (χ1) is 10.6. The zero-order valence-corrected chi connectivity index (χ0v) is 12.9. The van der Waals surface area contributed by atoms with Gasteiger partial charge in [0.15, 0.2) is 5.11 Å². The number of amides is 1. The molecular weight excluding hydrogens is 294 g/mol. The average Bonchev–Trinajstić information content (AvgIpc) is 3.05. The van der Waals surface area contributed by atoms with Gasteiger partial charge in [-0.2, -0.15) is 0 Å². The number of nitrogens with zero attached hydrogens (tertiary/aromatic N) is 1. The second-order valence-corrected chi connectivity index (χ2v) is 6.01. The van der Waals surface area contributed by atoms with E-state index in [1.54, 1.807) is 7.05 Å². The van der Waals surface area contributed by atoms with Crippen molar-refractivity contribution >= 4 is 44.9 Å². The highest BCUT2D eigenvalue weighted by molar-refractivity contribution is 7.80. The summed E-state index contributed by atoms with van der Waals surface area (Å²) in [7, 11) is 1.71. The Bertz CT molecular complexity index is 915. The summed E-state index contributed by atoms with van der Waals surface area (Å²) in [5.41, 5.74) is 2.23. The maximum atomic E-state index is 12.2. The van der Waals surface area contributed by atoms with Gasteiger partial charge in [0.2, 0.25) is 0 Å². The Morgan fingerprint density at radius 2 is 2.05 bits per heavy atom. The number of carbonyl (C=O) groups excluding carboxylic acids is 1. The Kier molecular flexibility index (Phi) is 2.90. The van der Waals surface area contributed by atoms with Crippen LogP contribution in [0.5, 0.6) is 0 Å². The number of fused-ring (bicyclic) bond motifs is 3. The average molecular weight is 309 g/mol. The van der Waals surface area contributed by atoms with E-state index in [9.17, 15) is 4.79 Å². The highest BCUT2D eigenvalue weighted by Crippen LogP contribution is 2.29. The Morgan fingerprint density at radius 3 is 2.82 bits per heavy atom. The van der Waals surface area contributed by atoms with Gasteiger partial charge in [0.05, 0.1) is 0 Å². The molecule has 0 aliphatic carbocycles. The third kappa shape index (κ3) is 1.89. The minimum Gasteiger partial charge on any atom is -0.361 e. The second kappa shape index (κ2) is 4.81. The Labute approximate surface area is 133 Å². The van der Waals surface area contributed by atoms with Crippen LogP contribution in [-0.4, -0.2) is 34.0 Å². The topological polar surface area (TPSA) is 48.1 Å². The van der Waals surface area contributed by atoms with Gasteiger partial charge in [-0.25, -0.2) is 0 Å². The normalized spacial score (nSPS) is 18.4. The van der Waals surface area contributed by atoms with E-state index in [1.807, 2.05) is 18.3 Å². The molecule has 4 nitrogen and oxygen atoms in total. The fourth-order valence-corrected chi connectivity index (χ4v) is 3.37. The van der Waals surface area contributed by atoms with E-state index in [0.29, 0.717) is 11.5 Å². The van der Waals surface area contributed by atoms with Crippen LogP contribution in [0.3, 0.4) is 0 Å². The van der Waals surface area contributed by atoms with Crippen molar-refractivity contribution in [1.29, 1.82) is 0 Å². The number of aromatic nitrogens is 1. The molecule has 2 heterocycles. The van der Waals surface area contributed by atoms with Gasteiger partial charge in [0, 0.05) is 30.6 Å². The zero-order chi connectivity index (χ0) is 15.3. The molecule has 4 rings (SSSR count). The van der Waals surface area contributed by atoms with Crippen LogP contribution in [0, 0.1) is 0 Å². The Hall–Kier alpha value is -2.40. The van der Waals surface area contributed by atoms with Gasteiger partial charge < -0.3 is 10.3 Å². The number of hydrogen-bond acceptors (Lipinski definition) is 2. The van der Waals surface area contributed by atoms with Gasteiger partial charge >= 0.3 is 0 Å². The monoisotopic (exact) mass is 309 g/mol. The quantitative estimate of drug-likeness (QED) is 0.715. The molecule has 2 N–H and O–H groups in total. The third-order valence-electron chi connectivity index (χ3n) is 4.31. The van der Waals surface area contributed by atoms with Crippen molar-refractivity contribution in [3.8, 4) is 0 Å². The number of likely N-dealkylation sites (N-methyl/N-ethyl adjacent to an activating group) is 1. The van der Waals surface area contributed by atoms with Crippen molar-refractivity contribution in [1.82, 2.24) is 15.2 Å². The summed E-state index contributed by atoms with van der Waals surface area (Å²) in [6.07, 6.45) is 2.62. The number of nitrogens with one attached hydrogen (secondary N) is 2. The number of thiocarbonyl (C=S) groups is 1. The van der Waals surface area contributed by atoms with Gasteiger partial charge in [-0.3, -0.25) is 9.69 Å². The van der Waals surface area contributed by atoms with Crippen molar-refractivity contribution < 1.29 is 4.79 Å². The van der Waals surface area contributed by atoms with Crippen molar-refractivity contribution in [2.24, 2.45) is 0 Å². The number of hydrogen-bond donors (Lipinski definition) is 2. The first kappa shape index (κ1) is 13.3. The van der Waals surface area contributed by atoms with E-state index in [2.05, 4.69) is 34.6 Å². The molecule has 1 aliphatic heterocycles. The maximum absolute atomic E-state index is 12.2. The van der Waals surface area contributed by atoms with Gasteiger partial charge in [-0.15, -0.1) is 0 Å². The number of rotatable bonds is 2. The minimum atomic E-state index is -0.282. The van der Waals surface area contributed by atoms with Crippen LogP contribution >= 0.6 is 12.2 Å². The molecule has 0 bridgehead atoms. The van der Waals surface area contributed by atoms with Gasteiger partial charge in [0.25, 0.3) is 5.91 Å². The van der Waals surface area contributed by atoms with Gasteiger partial charge in [0.1, 0.15) is 6.04 Å². The fraction of sp³-hybridized carbons (Fsp3) is 0.176. The molecule has 0 radical (unpaired) electrons. The Morgan fingerprint density at radius 1 is 1.23 bits per heavy atom. The van der Waals surface area contributed by atoms with Crippen LogP contribution in [-0.2, 0) is 11.2 Å². The number of H-pyrrole nitrogens is 1. The molecule has 0 spiro atoms. The summed E-state index contributed by atoms with van der Waals surface area (Å²) < 4.78 is 0. The van der Waals surface area contributed by atoms with E-state index in [-0.39, 0.29) is 11.9 Å². The fourth-order valence-electron chi connectivity index (χ4n) is 3.14. The lowest BCUT2D eigenvalue weighted by Crippen LogP contribution is -2.31. The van der Waals surface area contributed by atoms with Crippen LogP contribution in [0.2, 0.25) is 0 Å².